The summed E-state index contributed by atoms with van der Waals surface area (Å²) >= 11 is 0. The van der Waals surface area contributed by atoms with E-state index >= 15 is 0 Å². The average molecular weight is 845 g/mol. The van der Waals surface area contributed by atoms with Crippen LogP contribution < -0.4 is 25.6 Å². The predicted molar refractivity (Wildman–Crippen MR) is 280 cm³/mol. The Morgan fingerprint density at radius 1 is 0.323 bits per heavy atom. The van der Waals surface area contributed by atoms with Crippen LogP contribution in [0.3, 0.4) is 0 Å². The fraction of sp³-hybridized carbons (Fsp3) is 0. The zero-order valence-electron chi connectivity index (χ0n) is 35.8. The smallest absolute Gasteiger partial charge is 0.179 e. The minimum Gasteiger partial charge on any atom is -0.310 e. The van der Waals surface area contributed by atoms with Gasteiger partial charge >= 0.3 is 0 Å². The Balaban J connectivity index is 1.08. The fourth-order valence-corrected chi connectivity index (χ4v) is 15.2. The van der Waals surface area contributed by atoms with E-state index in [-0.39, 0.29) is 0 Å². The molecule has 65 heavy (non-hydrogen) atoms. The lowest BCUT2D eigenvalue weighted by atomic mass is 9.93. The van der Waals surface area contributed by atoms with E-state index < -0.39 is 8.07 Å². The molecule has 0 atom stereocenters. The van der Waals surface area contributed by atoms with Crippen molar-refractivity contribution in [1.29, 1.82) is 0 Å². The molecule has 3 heteroatoms. The van der Waals surface area contributed by atoms with Crippen LogP contribution in [0.2, 0.25) is 0 Å². The number of anilines is 3. The molecule has 0 aliphatic carbocycles. The normalized spacial score (nSPS) is 11.7. The van der Waals surface area contributed by atoms with Gasteiger partial charge in [-0.2, -0.15) is 0 Å². The maximum absolute atomic E-state index is 2.74. The van der Waals surface area contributed by atoms with Crippen molar-refractivity contribution in [2.75, 3.05) is 4.90 Å². The first-order valence-electron chi connectivity index (χ1n) is 22.4. The summed E-state index contributed by atoms with van der Waals surface area (Å²) in [5.74, 6) is 0. The summed E-state index contributed by atoms with van der Waals surface area (Å²) in [7, 11) is -2.74. The van der Waals surface area contributed by atoms with E-state index in [2.05, 4.69) is 276 Å². The monoisotopic (exact) mass is 844 g/mol. The minimum absolute atomic E-state index is 1.09. The van der Waals surface area contributed by atoms with Crippen LogP contribution in [0.5, 0.6) is 0 Å². The molecule has 1 heterocycles. The second kappa shape index (κ2) is 16.1. The van der Waals surface area contributed by atoms with E-state index in [4.69, 9.17) is 0 Å². The molecular formula is C62H44N2Si. The van der Waals surface area contributed by atoms with E-state index in [0.29, 0.717) is 0 Å². The van der Waals surface area contributed by atoms with Crippen LogP contribution in [0, 0.1) is 0 Å². The summed E-state index contributed by atoms with van der Waals surface area (Å²) in [5.41, 5.74) is 9.23. The number of benzene rings is 11. The maximum Gasteiger partial charge on any atom is 0.179 e. The quantitative estimate of drug-likeness (QED) is 0.0798. The van der Waals surface area contributed by atoms with Gasteiger partial charge in [-0.3, -0.25) is 0 Å². The Morgan fingerprint density at radius 3 is 1.40 bits per heavy atom. The van der Waals surface area contributed by atoms with Crippen LogP contribution in [0.15, 0.2) is 267 Å². The summed E-state index contributed by atoms with van der Waals surface area (Å²) in [6.45, 7) is 0. The highest BCUT2D eigenvalue weighted by molar-refractivity contribution is 7.19. The Hall–Kier alpha value is -8.24. The molecule has 1 aromatic heterocycles. The molecule has 0 amide bonds. The van der Waals surface area contributed by atoms with Gasteiger partial charge in [0.25, 0.3) is 0 Å². The topological polar surface area (TPSA) is 8.17 Å². The summed E-state index contributed by atoms with van der Waals surface area (Å²) in [5, 5.41) is 12.9. The highest BCUT2D eigenvalue weighted by Crippen LogP contribution is 2.44. The van der Waals surface area contributed by atoms with Crippen molar-refractivity contribution in [3.8, 4) is 16.8 Å². The predicted octanol–water partition coefficient (Wildman–Crippen LogP) is 13.6. The third-order valence-corrected chi connectivity index (χ3v) is 18.1. The standard InChI is InChI=1S/C62H44N2Si/c1-5-21-47(22-6-1)64-59-33-18-17-32-57(59)62-60(34-19-35-61(62)64)63(48-38-36-45(37-39-48)58-44-46-20-13-14-29-54(46)55-30-15-16-31-56(55)58)49-40-42-53(43-41-49)65(50-23-7-2-8-24-50,51-25-9-3-10-26-51)52-27-11-4-12-28-52/h1-44H. The fourth-order valence-electron chi connectivity index (χ4n) is 10.5. The molecule has 0 unspecified atom stereocenters. The third kappa shape index (κ3) is 6.39. The molecule has 0 fully saturated rings. The van der Waals surface area contributed by atoms with Crippen molar-refractivity contribution < 1.29 is 0 Å². The van der Waals surface area contributed by atoms with Crippen LogP contribution >= 0.6 is 0 Å². The number of hydrogen-bond donors (Lipinski definition) is 0. The molecule has 12 aromatic rings. The lowest BCUT2D eigenvalue weighted by Crippen LogP contribution is -2.74. The lowest BCUT2D eigenvalue weighted by molar-refractivity contribution is 1.18. The molecule has 0 saturated carbocycles. The largest absolute Gasteiger partial charge is 0.310 e. The second-order valence-electron chi connectivity index (χ2n) is 16.8. The van der Waals surface area contributed by atoms with Gasteiger partial charge in [0.15, 0.2) is 8.07 Å². The number of fused-ring (bicyclic) bond motifs is 6. The zero-order valence-corrected chi connectivity index (χ0v) is 36.8. The Morgan fingerprint density at radius 2 is 0.785 bits per heavy atom. The molecule has 0 aliphatic heterocycles. The average Bonchev–Trinajstić information content (AvgIpc) is 3.73. The third-order valence-electron chi connectivity index (χ3n) is 13.3. The molecule has 2 nitrogen and oxygen atoms in total. The summed E-state index contributed by atoms with van der Waals surface area (Å²) in [6, 6.07) is 98.4. The summed E-state index contributed by atoms with van der Waals surface area (Å²) < 4.78 is 2.41. The zero-order chi connectivity index (χ0) is 43.2. The van der Waals surface area contributed by atoms with E-state index in [0.717, 1.165) is 22.7 Å². The first-order chi connectivity index (χ1) is 32.3. The summed E-state index contributed by atoms with van der Waals surface area (Å²) in [4.78, 5) is 2.47. The highest BCUT2D eigenvalue weighted by Gasteiger charge is 2.41. The highest BCUT2D eigenvalue weighted by atomic mass is 28.3. The number of hydrogen-bond acceptors (Lipinski definition) is 1. The Kier molecular flexibility index (Phi) is 9.55. The molecule has 0 spiro atoms. The number of nitrogens with zero attached hydrogens (tertiary/aromatic N) is 2. The molecule has 306 valence electrons. The molecule has 0 bridgehead atoms. The van der Waals surface area contributed by atoms with Gasteiger partial charge in [-0.05, 0) is 114 Å². The van der Waals surface area contributed by atoms with E-state index in [1.165, 1.54) is 75.2 Å². The SMILES string of the molecule is c1ccc(-n2c3ccccc3c3c(N(c4ccc(-c5cc6ccccc6c6ccccc56)cc4)c4ccc([Si](c5ccccc5)(c5ccccc5)c5ccccc5)cc4)cccc32)cc1. The van der Waals surface area contributed by atoms with Gasteiger partial charge in [0.1, 0.15) is 0 Å². The van der Waals surface area contributed by atoms with Crippen LogP contribution in [-0.2, 0) is 0 Å². The maximum atomic E-state index is 2.47. The number of para-hydroxylation sites is 2. The number of aromatic nitrogens is 1. The lowest BCUT2D eigenvalue weighted by Gasteiger charge is -2.35. The van der Waals surface area contributed by atoms with Crippen LogP contribution in [0.25, 0.3) is 60.2 Å². The number of rotatable bonds is 9. The van der Waals surface area contributed by atoms with Gasteiger partial charge in [-0.25, -0.2) is 0 Å². The van der Waals surface area contributed by atoms with Gasteiger partial charge in [0.05, 0.1) is 16.7 Å². The minimum atomic E-state index is -2.74. The Bertz CT molecular complexity index is 3530. The van der Waals surface area contributed by atoms with Crippen LogP contribution in [-0.4, -0.2) is 12.6 Å². The summed E-state index contributed by atoms with van der Waals surface area (Å²) in [6.07, 6.45) is 0. The van der Waals surface area contributed by atoms with Gasteiger partial charge in [0, 0.05) is 27.8 Å². The molecule has 0 saturated heterocycles. The van der Waals surface area contributed by atoms with Crippen molar-refractivity contribution in [3.05, 3.63) is 267 Å². The van der Waals surface area contributed by atoms with Crippen molar-refractivity contribution in [3.63, 3.8) is 0 Å². The molecule has 0 N–H and O–H groups in total. The van der Waals surface area contributed by atoms with Gasteiger partial charge in [-0.1, -0.05) is 206 Å². The first-order valence-corrected chi connectivity index (χ1v) is 24.4. The van der Waals surface area contributed by atoms with Crippen molar-refractivity contribution in [2.45, 2.75) is 0 Å². The van der Waals surface area contributed by atoms with E-state index in [1.807, 2.05) is 0 Å². The Labute approximate surface area is 380 Å². The van der Waals surface area contributed by atoms with Gasteiger partial charge < -0.3 is 9.47 Å². The van der Waals surface area contributed by atoms with Crippen molar-refractivity contribution >= 4 is 89.2 Å². The van der Waals surface area contributed by atoms with Crippen LogP contribution in [0.4, 0.5) is 17.1 Å². The molecule has 0 aliphatic rings. The van der Waals surface area contributed by atoms with Crippen molar-refractivity contribution in [2.24, 2.45) is 0 Å². The van der Waals surface area contributed by atoms with E-state index in [1.54, 1.807) is 0 Å². The second-order valence-corrected chi connectivity index (χ2v) is 20.6. The molecular weight excluding hydrogens is 801 g/mol. The first kappa shape index (κ1) is 38.4. The van der Waals surface area contributed by atoms with Gasteiger partial charge in [-0.15, -0.1) is 0 Å². The van der Waals surface area contributed by atoms with E-state index in [9.17, 15) is 0 Å². The van der Waals surface area contributed by atoms with Crippen molar-refractivity contribution in [1.82, 2.24) is 4.57 Å². The van der Waals surface area contributed by atoms with Gasteiger partial charge in [0.2, 0.25) is 0 Å². The molecule has 0 radical (unpaired) electrons. The van der Waals surface area contributed by atoms with Crippen LogP contribution in [0.1, 0.15) is 0 Å². The molecule has 12 rings (SSSR count). The molecule has 11 aromatic carbocycles.